The van der Waals surface area contributed by atoms with Gasteiger partial charge in [0.15, 0.2) is 0 Å². The molecule has 23 heavy (non-hydrogen) atoms. The van der Waals surface area contributed by atoms with Gasteiger partial charge in [-0.25, -0.2) is 4.98 Å². The molecule has 2 aliphatic carbocycles. The lowest BCUT2D eigenvalue weighted by Gasteiger charge is -2.28. The molecule has 5 nitrogen and oxygen atoms in total. The fraction of sp³-hybridized carbons (Fsp3) is 0.389. The summed E-state index contributed by atoms with van der Waals surface area (Å²) in [7, 11) is 0. The first-order valence-corrected chi connectivity index (χ1v) is 8.46. The minimum absolute atomic E-state index is 0.347. The monoisotopic (exact) mass is 305 g/mol. The normalized spacial score (nSPS) is 19.6. The summed E-state index contributed by atoms with van der Waals surface area (Å²) in [5.74, 6) is 1.80. The zero-order valence-electron chi connectivity index (χ0n) is 13.0. The number of nitrogens with one attached hydrogen (secondary N) is 1. The first-order valence-electron chi connectivity index (χ1n) is 8.46. The van der Waals surface area contributed by atoms with Crippen LogP contribution in [0.1, 0.15) is 47.7 Å². The van der Waals surface area contributed by atoms with Gasteiger partial charge < -0.3 is 5.32 Å². The first-order chi connectivity index (χ1) is 11.4. The fourth-order valence-electron chi connectivity index (χ4n) is 4.04. The van der Waals surface area contributed by atoms with Crippen LogP contribution in [0, 0.1) is 0 Å². The molecule has 0 radical (unpaired) electrons. The van der Waals surface area contributed by atoms with E-state index in [1.54, 1.807) is 6.33 Å². The molecule has 2 aromatic heterocycles. The van der Waals surface area contributed by atoms with Gasteiger partial charge in [-0.15, -0.1) is 0 Å². The van der Waals surface area contributed by atoms with Crippen LogP contribution >= 0.6 is 0 Å². The molecule has 5 heteroatoms. The Morgan fingerprint density at radius 2 is 2.04 bits per heavy atom. The second-order valence-electron chi connectivity index (χ2n) is 6.50. The number of hydrogen-bond acceptors (Lipinski definition) is 4. The van der Waals surface area contributed by atoms with Crippen molar-refractivity contribution in [1.82, 2.24) is 19.6 Å². The van der Waals surface area contributed by atoms with Crippen molar-refractivity contribution in [2.45, 2.75) is 44.6 Å². The summed E-state index contributed by atoms with van der Waals surface area (Å²) >= 11 is 0. The molecule has 1 aromatic carbocycles. The minimum Gasteiger partial charge on any atom is -0.363 e. The van der Waals surface area contributed by atoms with Crippen LogP contribution in [0.25, 0.3) is 5.78 Å². The van der Waals surface area contributed by atoms with Crippen LogP contribution in [0.15, 0.2) is 30.6 Å². The van der Waals surface area contributed by atoms with Gasteiger partial charge in [0.2, 0.25) is 0 Å². The summed E-state index contributed by atoms with van der Waals surface area (Å²) in [6.45, 7) is 0. The Kier molecular flexibility index (Phi) is 2.86. The molecule has 0 saturated heterocycles. The van der Waals surface area contributed by atoms with Crippen LogP contribution in [0.3, 0.4) is 0 Å². The molecule has 0 saturated carbocycles. The van der Waals surface area contributed by atoms with Crippen LogP contribution in [0.5, 0.6) is 0 Å². The number of anilines is 1. The highest BCUT2D eigenvalue weighted by molar-refractivity contribution is 5.56. The third-order valence-electron chi connectivity index (χ3n) is 5.13. The lowest BCUT2D eigenvalue weighted by molar-refractivity contribution is 0.595. The van der Waals surface area contributed by atoms with E-state index in [0.29, 0.717) is 11.8 Å². The van der Waals surface area contributed by atoms with Crippen molar-refractivity contribution in [2.75, 3.05) is 5.32 Å². The molecule has 1 N–H and O–H groups in total. The van der Waals surface area contributed by atoms with Crippen molar-refractivity contribution in [3.05, 3.63) is 53.0 Å². The zero-order valence-corrected chi connectivity index (χ0v) is 13.0. The Bertz CT molecular complexity index is 882. The van der Waals surface area contributed by atoms with Crippen molar-refractivity contribution in [3.8, 4) is 0 Å². The minimum atomic E-state index is 0.347. The highest BCUT2D eigenvalue weighted by atomic mass is 15.4. The second kappa shape index (κ2) is 5.05. The van der Waals surface area contributed by atoms with E-state index in [1.165, 1.54) is 41.6 Å². The molecule has 2 heterocycles. The van der Waals surface area contributed by atoms with Crippen LogP contribution in [0.2, 0.25) is 0 Å². The third-order valence-corrected chi connectivity index (χ3v) is 5.13. The van der Waals surface area contributed by atoms with Crippen molar-refractivity contribution in [2.24, 2.45) is 0 Å². The summed E-state index contributed by atoms with van der Waals surface area (Å²) in [5.41, 5.74) is 5.41. The van der Waals surface area contributed by atoms with Crippen LogP contribution in [-0.4, -0.2) is 19.6 Å². The zero-order chi connectivity index (χ0) is 15.2. The predicted molar refractivity (Wildman–Crippen MR) is 88.6 cm³/mol. The van der Waals surface area contributed by atoms with E-state index in [0.717, 1.165) is 25.1 Å². The molecule has 3 aromatic rings. The van der Waals surface area contributed by atoms with Gasteiger partial charge in [0.25, 0.3) is 5.78 Å². The molecule has 5 rings (SSSR count). The van der Waals surface area contributed by atoms with Crippen molar-refractivity contribution < 1.29 is 0 Å². The molecular weight excluding hydrogens is 286 g/mol. The maximum atomic E-state index is 4.66. The fourth-order valence-corrected chi connectivity index (χ4v) is 4.04. The first kappa shape index (κ1) is 13.0. The Balaban J connectivity index is 1.62. The van der Waals surface area contributed by atoms with E-state index in [-0.39, 0.29) is 0 Å². The van der Waals surface area contributed by atoms with Gasteiger partial charge in [0.05, 0.1) is 11.7 Å². The number of aromatic nitrogens is 4. The number of nitrogens with zero attached hydrogens (tertiary/aromatic N) is 4. The van der Waals surface area contributed by atoms with Crippen molar-refractivity contribution in [3.63, 3.8) is 0 Å². The number of fused-ring (bicyclic) bond motifs is 3. The highest BCUT2D eigenvalue weighted by Gasteiger charge is 2.25. The van der Waals surface area contributed by atoms with Crippen molar-refractivity contribution >= 4 is 11.6 Å². The summed E-state index contributed by atoms with van der Waals surface area (Å²) in [6, 6.07) is 9.14. The Hall–Kier alpha value is -2.43. The summed E-state index contributed by atoms with van der Waals surface area (Å²) in [4.78, 5) is 8.96. The molecule has 116 valence electrons. The molecule has 0 fully saturated rings. The summed E-state index contributed by atoms with van der Waals surface area (Å²) in [6.07, 6.45) is 8.46. The summed E-state index contributed by atoms with van der Waals surface area (Å²) in [5, 5.41) is 8.19. The molecule has 0 aliphatic heterocycles. The molecule has 2 aliphatic rings. The van der Waals surface area contributed by atoms with Crippen LogP contribution < -0.4 is 5.32 Å². The maximum Gasteiger partial charge on any atom is 0.254 e. The van der Waals surface area contributed by atoms with E-state index in [1.807, 2.05) is 4.52 Å². The van der Waals surface area contributed by atoms with Gasteiger partial charge in [-0.05, 0) is 49.7 Å². The van der Waals surface area contributed by atoms with Gasteiger partial charge in [-0.3, -0.25) is 0 Å². The molecule has 0 bridgehead atoms. The third kappa shape index (κ3) is 2.03. The lowest BCUT2D eigenvalue weighted by Crippen LogP contribution is -2.20. The maximum absolute atomic E-state index is 4.66. The van der Waals surface area contributed by atoms with Crippen LogP contribution in [-0.2, 0) is 19.3 Å². The SMILES string of the molecule is c1ccc2c(c1)CCCC2Nc1c2c(nc3ncnn13)CCC2. The van der Waals surface area contributed by atoms with Gasteiger partial charge in [0.1, 0.15) is 12.1 Å². The van der Waals surface area contributed by atoms with Crippen molar-refractivity contribution in [1.29, 1.82) is 0 Å². The van der Waals surface area contributed by atoms with E-state index >= 15 is 0 Å². The summed E-state index contributed by atoms with van der Waals surface area (Å²) < 4.78 is 1.88. The Morgan fingerprint density at radius 1 is 1.09 bits per heavy atom. The van der Waals surface area contributed by atoms with E-state index in [9.17, 15) is 0 Å². The van der Waals surface area contributed by atoms with Gasteiger partial charge in [-0.2, -0.15) is 14.6 Å². The number of benzene rings is 1. The average molecular weight is 305 g/mol. The number of rotatable bonds is 2. The molecule has 0 spiro atoms. The molecule has 0 amide bonds. The van der Waals surface area contributed by atoms with Crippen LogP contribution in [0.4, 0.5) is 5.82 Å². The smallest absolute Gasteiger partial charge is 0.254 e. The quantitative estimate of drug-likeness (QED) is 0.790. The van der Waals surface area contributed by atoms with E-state index in [2.05, 4.69) is 44.6 Å². The Labute approximate surface area is 134 Å². The molecular formula is C18H19N5. The number of hydrogen-bond donors (Lipinski definition) is 1. The van der Waals surface area contributed by atoms with E-state index < -0.39 is 0 Å². The largest absolute Gasteiger partial charge is 0.363 e. The van der Waals surface area contributed by atoms with Gasteiger partial charge in [-0.1, -0.05) is 24.3 Å². The lowest BCUT2D eigenvalue weighted by atomic mass is 9.87. The topological polar surface area (TPSA) is 55.1 Å². The highest BCUT2D eigenvalue weighted by Crippen LogP contribution is 2.35. The van der Waals surface area contributed by atoms with E-state index in [4.69, 9.17) is 0 Å². The molecule has 1 atom stereocenters. The Morgan fingerprint density at radius 3 is 3.04 bits per heavy atom. The average Bonchev–Trinajstić information content (AvgIpc) is 3.23. The second-order valence-corrected chi connectivity index (χ2v) is 6.50. The standard InChI is InChI=1S/C18H19N5/c1-2-7-13-12(5-1)6-3-9-15(13)21-17-14-8-4-10-16(14)22-18-19-11-20-23(17)18/h1-2,5,7,11,15,21H,3-4,6,8-10H2. The van der Waals surface area contributed by atoms with Gasteiger partial charge in [0, 0.05) is 5.56 Å². The predicted octanol–water partition coefficient (Wildman–Crippen LogP) is 3.10. The number of aryl methyl sites for hydroxylation is 2. The van der Waals surface area contributed by atoms with Gasteiger partial charge >= 0.3 is 0 Å². The molecule has 1 unspecified atom stereocenters.